The van der Waals surface area contributed by atoms with Crippen LogP contribution in [0.2, 0.25) is 0 Å². The summed E-state index contributed by atoms with van der Waals surface area (Å²) in [6.07, 6.45) is -4.54. The second kappa shape index (κ2) is 7.90. The SMILES string of the molecule is CC(C)NC(=O)Nc1ccccc1NC(=O)c1cccc(C(F)(F)F)c1. The number of halogens is 3. The zero-order chi connectivity index (χ0) is 19.3. The fraction of sp³-hybridized carbons (Fsp3) is 0.222. The summed E-state index contributed by atoms with van der Waals surface area (Å²) in [5.74, 6) is -0.713. The van der Waals surface area contributed by atoms with Gasteiger partial charge in [-0.3, -0.25) is 4.79 Å². The summed E-state index contributed by atoms with van der Waals surface area (Å²) in [5, 5.41) is 7.74. The predicted octanol–water partition coefficient (Wildman–Crippen LogP) is 4.49. The molecule has 0 heterocycles. The highest BCUT2D eigenvalue weighted by Gasteiger charge is 2.30. The van der Waals surface area contributed by atoms with E-state index in [0.29, 0.717) is 5.69 Å². The van der Waals surface area contributed by atoms with Gasteiger partial charge in [-0.1, -0.05) is 18.2 Å². The molecule has 0 radical (unpaired) electrons. The number of nitrogens with one attached hydrogen (secondary N) is 3. The number of hydrogen-bond donors (Lipinski definition) is 3. The Hall–Kier alpha value is -3.03. The van der Waals surface area contributed by atoms with E-state index in [0.717, 1.165) is 18.2 Å². The van der Waals surface area contributed by atoms with Crippen molar-refractivity contribution in [3.63, 3.8) is 0 Å². The van der Waals surface area contributed by atoms with Crippen LogP contribution in [0.3, 0.4) is 0 Å². The number of carbonyl (C=O) groups excluding carboxylic acids is 2. The number of anilines is 2. The van der Waals surface area contributed by atoms with Crippen molar-refractivity contribution in [3.05, 3.63) is 59.7 Å². The Bertz CT molecular complexity index is 804. The van der Waals surface area contributed by atoms with Crippen molar-refractivity contribution in [1.29, 1.82) is 0 Å². The van der Waals surface area contributed by atoms with E-state index >= 15 is 0 Å². The van der Waals surface area contributed by atoms with Crippen molar-refractivity contribution in [2.75, 3.05) is 10.6 Å². The van der Waals surface area contributed by atoms with Crippen LogP contribution in [0.5, 0.6) is 0 Å². The molecule has 0 fully saturated rings. The molecule has 2 aromatic carbocycles. The molecule has 2 rings (SSSR count). The third kappa shape index (κ3) is 5.23. The number of urea groups is 1. The lowest BCUT2D eigenvalue weighted by Crippen LogP contribution is -2.34. The summed E-state index contributed by atoms with van der Waals surface area (Å²) < 4.78 is 38.4. The first-order chi connectivity index (χ1) is 12.2. The second-order valence-electron chi connectivity index (χ2n) is 5.83. The maximum Gasteiger partial charge on any atom is 0.416 e. The molecule has 0 aliphatic rings. The first kappa shape index (κ1) is 19.3. The maximum atomic E-state index is 12.8. The lowest BCUT2D eigenvalue weighted by molar-refractivity contribution is -0.137. The molecule has 0 aliphatic heterocycles. The number of carbonyl (C=O) groups is 2. The molecule has 0 saturated carbocycles. The van der Waals surface area contributed by atoms with Crippen molar-refractivity contribution in [3.8, 4) is 0 Å². The van der Waals surface area contributed by atoms with E-state index in [1.54, 1.807) is 32.0 Å². The van der Waals surface area contributed by atoms with Gasteiger partial charge in [0.2, 0.25) is 0 Å². The summed E-state index contributed by atoms with van der Waals surface area (Å²) in [6.45, 7) is 3.59. The Balaban J connectivity index is 2.18. The van der Waals surface area contributed by atoms with E-state index in [9.17, 15) is 22.8 Å². The number of amides is 3. The molecule has 0 bridgehead atoms. The van der Waals surface area contributed by atoms with Crippen molar-refractivity contribution in [2.45, 2.75) is 26.1 Å². The fourth-order valence-corrected chi connectivity index (χ4v) is 2.15. The van der Waals surface area contributed by atoms with Crippen LogP contribution in [-0.4, -0.2) is 18.0 Å². The van der Waals surface area contributed by atoms with Gasteiger partial charge in [-0.2, -0.15) is 13.2 Å². The summed E-state index contributed by atoms with van der Waals surface area (Å²) in [5.41, 5.74) is -0.450. The van der Waals surface area contributed by atoms with Crippen LogP contribution in [0.15, 0.2) is 48.5 Å². The highest BCUT2D eigenvalue weighted by Crippen LogP contribution is 2.30. The Morgan fingerprint density at radius 2 is 1.54 bits per heavy atom. The summed E-state index contributed by atoms with van der Waals surface area (Å²) in [7, 11) is 0. The molecule has 8 heteroatoms. The Kier molecular flexibility index (Phi) is 5.86. The van der Waals surface area contributed by atoms with E-state index in [1.165, 1.54) is 12.1 Å². The number of rotatable bonds is 4. The van der Waals surface area contributed by atoms with Crippen molar-refractivity contribution in [2.24, 2.45) is 0 Å². The molecule has 3 N–H and O–H groups in total. The smallest absolute Gasteiger partial charge is 0.336 e. The van der Waals surface area contributed by atoms with Gasteiger partial charge in [0.25, 0.3) is 5.91 Å². The van der Waals surface area contributed by atoms with Gasteiger partial charge in [-0.15, -0.1) is 0 Å². The number of alkyl halides is 3. The minimum absolute atomic E-state index is 0.0816. The van der Waals surface area contributed by atoms with Gasteiger partial charge in [0, 0.05) is 11.6 Å². The monoisotopic (exact) mass is 365 g/mol. The van der Waals surface area contributed by atoms with Gasteiger partial charge in [0.15, 0.2) is 0 Å². The zero-order valence-corrected chi connectivity index (χ0v) is 14.1. The van der Waals surface area contributed by atoms with E-state index in [-0.39, 0.29) is 17.3 Å². The topological polar surface area (TPSA) is 70.2 Å². The van der Waals surface area contributed by atoms with Gasteiger partial charge >= 0.3 is 12.2 Å². The first-order valence-corrected chi connectivity index (χ1v) is 7.82. The molecule has 0 unspecified atom stereocenters. The number of hydrogen-bond acceptors (Lipinski definition) is 2. The van der Waals surface area contributed by atoms with E-state index in [4.69, 9.17) is 0 Å². The summed E-state index contributed by atoms with van der Waals surface area (Å²) in [6, 6.07) is 9.97. The second-order valence-corrected chi connectivity index (χ2v) is 5.83. The van der Waals surface area contributed by atoms with Gasteiger partial charge in [0.05, 0.1) is 16.9 Å². The van der Waals surface area contributed by atoms with Gasteiger partial charge in [0.1, 0.15) is 0 Å². The lowest BCUT2D eigenvalue weighted by Gasteiger charge is -2.14. The fourth-order valence-electron chi connectivity index (χ4n) is 2.15. The highest BCUT2D eigenvalue weighted by atomic mass is 19.4. The van der Waals surface area contributed by atoms with Gasteiger partial charge in [-0.05, 0) is 44.2 Å². The molecule has 26 heavy (non-hydrogen) atoms. The van der Waals surface area contributed by atoms with Crippen molar-refractivity contribution < 1.29 is 22.8 Å². The highest BCUT2D eigenvalue weighted by molar-refractivity contribution is 6.07. The van der Waals surface area contributed by atoms with Crippen LogP contribution < -0.4 is 16.0 Å². The van der Waals surface area contributed by atoms with Crippen LogP contribution in [0, 0.1) is 0 Å². The van der Waals surface area contributed by atoms with Crippen LogP contribution in [0.1, 0.15) is 29.8 Å². The normalized spacial score (nSPS) is 11.2. The third-order valence-corrected chi connectivity index (χ3v) is 3.30. The van der Waals surface area contributed by atoms with Crippen LogP contribution in [-0.2, 0) is 6.18 Å². The molecule has 5 nitrogen and oxygen atoms in total. The average molecular weight is 365 g/mol. The molecule has 0 spiro atoms. The minimum atomic E-state index is -4.54. The quantitative estimate of drug-likeness (QED) is 0.747. The summed E-state index contributed by atoms with van der Waals surface area (Å²) in [4.78, 5) is 24.1. The maximum absolute atomic E-state index is 12.8. The zero-order valence-electron chi connectivity index (χ0n) is 14.1. The van der Waals surface area contributed by atoms with E-state index in [2.05, 4.69) is 16.0 Å². The minimum Gasteiger partial charge on any atom is -0.336 e. The molecular weight excluding hydrogens is 347 g/mol. The standard InChI is InChI=1S/C18H18F3N3O2/c1-11(2)22-17(26)24-15-9-4-3-8-14(15)23-16(25)12-6-5-7-13(10-12)18(19,20)21/h3-11H,1-2H3,(H,23,25)(H2,22,24,26). The third-order valence-electron chi connectivity index (χ3n) is 3.30. The van der Waals surface area contributed by atoms with E-state index < -0.39 is 23.7 Å². The largest absolute Gasteiger partial charge is 0.416 e. The summed E-state index contributed by atoms with van der Waals surface area (Å²) >= 11 is 0. The molecule has 0 aromatic heterocycles. The van der Waals surface area contributed by atoms with Crippen LogP contribution in [0.4, 0.5) is 29.3 Å². The number of benzene rings is 2. The van der Waals surface area contributed by atoms with Crippen LogP contribution in [0.25, 0.3) is 0 Å². The lowest BCUT2D eigenvalue weighted by atomic mass is 10.1. The molecule has 2 aromatic rings. The molecule has 3 amide bonds. The van der Waals surface area contributed by atoms with E-state index in [1.807, 2.05) is 0 Å². The first-order valence-electron chi connectivity index (χ1n) is 7.82. The van der Waals surface area contributed by atoms with Crippen molar-refractivity contribution >= 4 is 23.3 Å². The van der Waals surface area contributed by atoms with Gasteiger partial charge in [-0.25, -0.2) is 4.79 Å². The molecular formula is C18H18F3N3O2. The predicted molar refractivity (Wildman–Crippen MR) is 93.1 cm³/mol. The molecule has 0 atom stereocenters. The average Bonchev–Trinajstić information content (AvgIpc) is 2.55. The van der Waals surface area contributed by atoms with Crippen molar-refractivity contribution in [1.82, 2.24) is 5.32 Å². The Labute approximate surface area is 148 Å². The van der Waals surface area contributed by atoms with Crippen LogP contribution >= 0.6 is 0 Å². The molecule has 0 aliphatic carbocycles. The Morgan fingerprint density at radius 1 is 0.923 bits per heavy atom. The molecule has 138 valence electrons. The molecule has 0 saturated heterocycles. The number of para-hydroxylation sites is 2. The Morgan fingerprint density at radius 3 is 2.12 bits per heavy atom. The van der Waals surface area contributed by atoms with Gasteiger partial charge < -0.3 is 16.0 Å².